The average molecular weight is 240 g/mol. The van der Waals surface area contributed by atoms with E-state index in [9.17, 15) is 10.1 Å². The van der Waals surface area contributed by atoms with Crippen molar-refractivity contribution in [2.24, 2.45) is 5.84 Å². The number of nitrogens with zero attached hydrogens (tertiary/aromatic N) is 1. The molecule has 0 aliphatic rings. The zero-order chi connectivity index (χ0) is 12.8. The van der Waals surface area contributed by atoms with E-state index in [4.69, 9.17) is 10.6 Å². The molecule has 0 amide bonds. The second-order valence-electron chi connectivity index (χ2n) is 3.60. The number of nitrogen functional groups attached to an aromatic ring is 1. The Bertz CT molecular complexity index is 397. The third-order valence-corrected chi connectivity index (χ3v) is 2.19. The molecule has 1 rings (SSSR count). The highest BCUT2D eigenvalue weighted by Crippen LogP contribution is 2.32. The van der Waals surface area contributed by atoms with Gasteiger partial charge in [-0.25, -0.2) is 0 Å². The number of anilines is 2. The number of methoxy groups -OCH3 is 1. The molecular weight excluding hydrogens is 224 g/mol. The summed E-state index contributed by atoms with van der Waals surface area (Å²) in [7, 11) is 1.57. The van der Waals surface area contributed by atoms with E-state index in [2.05, 4.69) is 10.7 Å². The van der Waals surface area contributed by atoms with Crippen LogP contribution in [0.1, 0.15) is 6.92 Å². The molecular formula is C10H16N4O3. The van der Waals surface area contributed by atoms with Crippen molar-refractivity contribution < 1.29 is 9.66 Å². The third kappa shape index (κ3) is 3.30. The van der Waals surface area contributed by atoms with E-state index < -0.39 is 4.92 Å². The molecule has 0 spiro atoms. The lowest BCUT2D eigenvalue weighted by atomic mass is 10.2. The summed E-state index contributed by atoms with van der Waals surface area (Å²) in [6.07, 6.45) is 0. The van der Waals surface area contributed by atoms with Crippen molar-refractivity contribution in [2.75, 3.05) is 24.5 Å². The van der Waals surface area contributed by atoms with Crippen molar-refractivity contribution in [3.05, 3.63) is 28.3 Å². The zero-order valence-electron chi connectivity index (χ0n) is 9.77. The Hall–Kier alpha value is -1.86. The van der Waals surface area contributed by atoms with E-state index in [0.717, 1.165) is 0 Å². The maximum absolute atomic E-state index is 11.0. The number of para-hydroxylation sites is 1. The highest BCUT2D eigenvalue weighted by Gasteiger charge is 2.19. The fourth-order valence-electron chi connectivity index (χ4n) is 1.53. The molecule has 1 atom stereocenters. The number of hydrogen-bond donors (Lipinski definition) is 3. The fourth-order valence-corrected chi connectivity index (χ4v) is 1.53. The SMILES string of the molecule is COCC(C)Nc1cccc(NN)c1[N+](=O)[O-]. The Labute approximate surface area is 99.1 Å². The van der Waals surface area contributed by atoms with Crippen molar-refractivity contribution in [1.82, 2.24) is 0 Å². The topological polar surface area (TPSA) is 102 Å². The summed E-state index contributed by atoms with van der Waals surface area (Å²) in [4.78, 5) is 10.5. The Morgan fingerprint density at radius 1 is 1.53 bits per heavy atom. The second kappa shape index (κ2) is 6.02. The van der Waals surface area contributed by atoms with E-state index in [1.54, 1.807) is 25.3 Å². The number of hydrazine groups is 1. The van der Waals surface area contributed by atoms with Gasteiger partial charge in [-0.2, -0.15) is 0 Å². The molecule has 17 heavy (non-hydrogen) atoms. The summed E-state index contributed by atoms with van der Waals surface area (Å²) in [5.41, 5.74) is 2.92. The van der Waals surface area contributed by atoms with Crippen LogP contribution in [-0.4, -0.2) is 24.7 Å². The van der Waals surface area contributed by atoms with Crippen molar-refractivity contribution >= 4 is 17.1 Å². The standard InChI is InChI=1S/C10H16N4O3/c1-7(6-17-2)12-8-4-3-5-9(13-11)10(8)14(15)16/h3-5,7,12-13H,6,11H2,1-2H3. The quantitative estimate of drug-likeness (QED) is 0.394. The molecule has 0 aliphatic carbocycles. The van der Waals surface area contributed by atoms with Crippen molar-refractivity contribution in [2.45, 2.75) is 13.0 Å². The highest BCUT2D eigenvalue weighted by atomic mass is 16.6. The van der Waals surface area contributed by atoms with E-state index in [1.165, 1.54) is 0 Å². The van der Waals surface area contributed by atoms with Gasteiger partial charge >= 0.3 is 5.69 Å². The number of hydrogen-bond acceptors (Lipinski definition) is 6. The van der Waals surface area contributed by atoms with Gasteiger partial charge in [-0.15, -0.1) is 0 Å². The Kier molecular flexibility index (Phi) is 4.68. The molecule has 7 nitrogen and oxygen atoms in total. The van der Waals surface area contributed by atoms with Gasteiger partial charge < -0.3 is 15.5 Å². The first-order valence-electron chi connectivity index (χ1n) is 5.09. The highest BCUT2D eigenvalue weighted by molar-refractivity contribution is 5.75. The number of ether oxygens (including phenoxy) is 1. The van der Waals surface area contributed by atoms with Crippen LogP contribution >= 0.6 is 0 Å². The van der Waals surface area contributed by atoms with Gasteiger partial charge in [0.1, 0.15) is 11.4 Å². The van der Waals surface area contributed by atoms with Gasteiger partial charge in [0, 0.05) is 13.2 Å². The van der Waals surface area contributed by atoms with Crippen LogP contribution in [0.25, 0.3) is 0 Å². The van der Waals surface area contributed by atoms with Gasteiger partial charge in [-0.1, -0.05) is 6.07 Å². The van der Waals surface area contributed by atoms with Gasteiger partial charge in [-0.3, -0.25) is 16.0 Å². The van der Waals surface area contributed by atoms with Crippen LogP contribution < -0.4 is 16.6 Å². The molecule has 0 saturated heterocycles. The zero-order valence-corrected chi connectivity index (χ0v) is 9.77. The first-order chi connectivity index (χ1) is 8.10. The van der Waals surface area contributed by atoms with Crippen molar-refractivity contribution in [3.8, 4) is 0 Å². The van der Waals surface area contributed by atoms with Crippen LogP contribution in [0, 0.1) is 10.1 Å². The van der Waals surface area contributed by atoms with Gasteiger partial charge in [0.25, 0.3) is 0 Å². The lowest BCUT2D eigenvalue weighted by molar-refractivity contribution is -0.383. The molecule has 0 bridgehead atoms. The summed E-state index contributed by atoms with van der Waals surface area (Å²) in [6.45, 7) is 2.33. The number of rotatable bonds is 6. The minimum absolute atomic E-state index is 0.0354. The predicted molar refractivity (Wildman–Crippen MR) is 65.9 cm³/mol. The van der Waals surface area contributed by atoms with E-state index in [1.807, 2.05) is 6.92 Å². The van der Waals surface area contributed by atoms with Crippen molar-refractivity contribution in [3.63, 3.8) is 0 Å². The minimum Gasteiger partial charge on any atom is -0.383 e. The Balaban J connectivity index is 3.02. The summed E-state index contributed by atoms with van der Waals surface area (Å²) in [6, 6.07) is 4.83. The van der Waals surface area contributed by atoms with E-state index >= 15 is 0 Å². The van der Waals surface area contributed by atoms with Crippen LogP contribution in [0.5, 0.6) is 0 Å². The molecule has 1 unspecified atom stereocenters. The second-order valence-corrected chi connectivity index (χ2v) is 3.60. The van der Waals surface area contributed by atoms with Gasteiger partial charge in [0.05, 0.1) is 11.5 Å². The maximum atomic E-state index is 11.0. The van der Waals surface area contributed by atoms with Crippen LogP contribution in [-0.2, 0) is 4.74 Å². The Morgan fingerprint density at radius 2 is 2.18 bits per heavy atom. The minimum atomic E-state index is -0.475. The molecule has 94 valence electrons. The summed E-state index contributed by atoms with van der Waals surface area (Å²) < 4.78 is 4.96. The molecule has 7 heteroatoms. The lowest BCUT2D eigenvalue weighted by Crippen LogP contribution is -2.21. The monoisotopic (exact) mass is 240 g/mol. The van der Waals surface area contributed by atoms with Gasteiger partial charge in [0.2, 0.25) is 0 Å². The summed E-state index contributed by atoms with van der Waals surface area (Å²) >= 11 is 0. The molecule has 1 aromatic rings. The molecule has 0 saturated carbocycles. The number of nitrogens with one attached hydrogen (secondary N) is 2. The average Bonchev–Trinajstić information content (AvgIpc) is 2.28. The molecule has 1 aromatic carbocycles. The predicted octanol–water partition coefficient (Wildman–Crippen LogP) is 1.33. The number of nitro benzene ring substituents is 1. The van der Waals surface area contributed by atoms with E-state index in [0.29, 0.717) is 12.3 Å². The van der Waals surface area contributed by atoms with Crippen molar-refractivity contribution in [1.29, 1.82) is 0 Å². The van der Waals surface area contributed by atoms with Crippen LogP contribution in [0.15, 0.2) is 18.2 Å². The van der Waals surface area contributed by atoms with Crippen LogP contribution in [0.2, 0.25) is 0 Å². The molecule has 0 heterocycles. The van der Waals surface area contributed by atoms with Crippen LogP contribution in [0.4, 0.5) is 17.1 Å². The summed E-state index contributed by atoms with van der Waals surface area (Å²) in [5.74, 6) is 5.24. The molecule has 0 aromatic heterocycles. The fraction of sp³-hybridized carbons (Fsp3) is 0.400. The number of benzene rings is 1. The molecule has 4 N–H and O–H groups in total. The van der Waals surface area contributed by atoms with Crippen LogP contribution in [0.3, 0.4) is 0 Å². The first-order valence-corrected chi connectivity index (χ1v) is 5.09. The molecule has 0 aliphatic heterocycles. The molecule has 0 fully saturated rings. The lowest BCUT2D eigenvalue weighted by Gasteiger charge is -2.15. The first kappa shape index (κ1) is 13.2. The largest absolute Gasteiger partial charge is 0.383 e. The number of nitrogens with two attached hydrogens (primary N) is 1. The smallest absolute Gasteiger partial charge is 0.316 e. The normalized spacial score (nSPS) is 11.9. The third-order valence-electron chi connectivity index (χ3n) is 2.19. The number of nitro groups is 1. The van der Waals surface area contributed by atoms with Gasteiger partial charge in [0.15, 0.2) is 0 Å². The summed E-state index contributed by atoms with van der Waals surface area (Å²) in [5, 5.41) is 14.0. The van der Waals surface area contributed by atoms with E-state index in [-0.39, 0.29) is 17.4 Å². The van der Waals surface area contributed by atoms with Gasteiger partial charge in [-0.05, 0) is 19.1 Å². The molecule has 0 radical (unpaired) electrons. The maximum Gasteiger partial charge on any atom is 0.316 e. The Morgan fingerprint density at radius 3 is 2.71 bits per heavy atom.